The fourth-order valence-corrected chi connectivity index (χ4v) is 5.17. The second-order valence-electron chi connectivity index (χ2n) is 9.56. The van der Waals surface area contributed by atoms with Gasteiger partial charge in [0.05, 0.1) is 11.9 Å². The van der Waals surface area contributed by atoms with Crippen LogP contribution in [-0.2, 0) is 32.6 Å². The SMILES string of the molecule is CCc1ccc(N(CCCC(=O)N(Cc2cccc(C)c2)[C@@H](CC)C(=O)NC(C)C)S(C)(=O)=O)cc1. The number of nitrogens with zero attached hydrogens (tertiary/aromatic N) is 2. The summed E-state index contributed by atoms with van der Waals surface area (Å²) in [5.74, 6) is -0.348. The first-order valence-electron chi connectivity index (χ1n) is 12.7. The van der Waals surface area contributed by atoms with Gasteiger partial charge in [0.2, 0.25) is 21.8 Å². The van der Waals surface area contributed by atoms with Crippen molar-refractivity contribution in [3.63, 3.8) is 0 Å². The minimum atomic E-state index is -3.51. The molecule has 0 bridgehead atoms. The van der Waals surface area contributed by atoms with Crippen LogP contribution in [0.5, 0.6) is 0 Å². The summed E-state index contributed by atoms with van der Waals surface area (Å²) < 4.78 is 26.3. The monoisotopic (exact) mass is 515 g/mol. The topological polar surface area (TPSA) is 86.8 Å². The van der Waals surface area contributed by atoms with Gasteiger partial charge < -0.3 is 10.2 Å². The van der Waals surface area contributed by atoms with Crippen LogP contribution in [0.25, 0.3) is 0 Å². The molecule has 0 aliphatic rings. The van der Waals surface area contributed by atoms with Crippen LogP contribution in [0.15, 0.2) is 48.5 Å². The Bertz CT molecular complexity index is 1110. The number of carbonyl (C=O) groups is 2. The van der Waals surface area contributed by atoms with Crippen LogP contribution in [0.3, 0.4) is 0 Å². The third-order valence-electron chi connectivity index (χ3n) is 6.04. The van der Waals surface area contributed by atoms with Crippen LogP contribution in [-0.4, -0.2) is 50.0 Å². The van der Waals surface area contributed by atoms with Crippen LogP contribution in [0.4, 0.5) is 5.69 Å². The smallest absolute Gasteiger partial charge is 0.243 e. The van der Waals surface area contributed by atoms with Crippen molar-refractivity contribution in [3.8, 4) is 0 Å². The fourth-order valence-electron chi connectivity index (χ4n) is 4.21. The molecule has 2 rings (SSSR count). The number of amides is 2. The van der Waals surface area contributed by atoms with Crippen molar-refractivity contribution in [1.29, 1.82) is 0 Å². The number of aryl methyl sites for hydroxylation is 2. The molecular formula is C28H41N3O4S. The quantitative estimate of drug-likeness (QED) is 0.427. The van der Waals surface area contributed by atoms with Gasteiger partial charge in [-0.25, -0.2) is 8.42 Å². The van der Waals surface area contributed by atoms with Crippen molar-refractivity contribution in [1.82, 2.24) is 10.2 Å². The molecule has 0 saturated carbocycles. The number of nitrogens with one attached hydrogen (secondary N) is 1. The Kier molecular flexibility index (Phi) is 11.0. The van der Waals surface area contributed by atoms with E-state index < -0.39 is 16.1 Å². The van der Waals surface area contributed by atoms with Crippen molar-refractivity contribution in [2.24, 2.45) is 0 Å². The lowest BCUT2D eigenvalue weighted by atomic mass is 10.1. The van der Waals surface area contributed by atoms with Gasteiger partial charge in [0.1, 0.15) is 6.04 Å². The first-order valence-corrected chi connectivity index (χ1v) is 14.5. The predicted molar refractivity (Wildman–Crippen MR) is 146 cm³/mol. The Labute approximate surface area is 216 Å². The van der Waals surface area contributed by atoms with E-state index in [1.54, 1.807) is 17.0 Å². The van der Waals surface area contributed by atoms with Gasteiger partial charge in [-0.15, -0.1) is 0 Å². The van der Waals surface area contributed by atoms with E-state index in [1.165, 1.54) is 10.6 Å². The van der Waals surface area contributed by atoms with Crippen molar-refractivity contribution < 1.29 is 18.0 Å². The third kappa shape index (κ3) is 8.66. The maximum atomic E-state index is 13.5. The molecule has 8 heteroatoms. The van der Waals surface area contributed by atoms with Crippen LogP contribution < -0.4 is 9.62 Å². The highest BCUT2D eigenvalue weighted by atomic mass is 32.2. The molecule has 0 heterocycles. The van der Waals surface area contributed by atoms with E-state index in [0.717, 1.165) is 23.1 Å². The Hall–Kier alpha value is -2.87. The summed E-state index contributed by atoms with van der Waals surface area (Å²) in [6.45, 7) is 10.2. The van der Waals surface area contributed by atoms with E-state index in [2.05, 4.69) is 5.32 Å². The Morgan fingerprint density at radius 3 is 2.19 bits per heavy atom. The van der Waals surface area contributed by atoms with E-state index in [0.29, 0.717) is 25.1 Å². The molecule has 2 aromatic carbocycles. The second kappa shape index (κ2) is 13.4. The van der Waals surface area contributed by atoms with Crippen molar-refractivity contribution in [3.05, 3.63) is 65.2 Å². The molecule has 0 fully saturated rings. The van der Waals surface area contributed by atoms with Gasteiger partial charge in [-0.3, -0.25) is 13.9 Å². The number of hydrogen-bond acceptors (Lipinski definition) is 4. The average molecular weight is 516 g/mol. The van der Waals surface area contributed by atoms with Crippen LogP contribution in [0.1, 0.15) is 63.6 Å². The van der Waals surface area contributed by atoms with E-state index in [4.69, 9.17) is 0 Å². The minimum Gasteiger partial charge on any atom is -0.352 e. The van der Waals surface area contributed by atoms with E-state index >= 15 is 0 Å². The van der Waals surface area contributed by atoms with E-state index in [1.807, 2.05) is 71.0 Å². The highest BCUT2D eigenvalue weighted by molar-refractivity contribution is 7.92. The molecule has 0 aliphatic heterocycles. The zero-order valence-electron chi connectivity index (χ0n) is 22.5. The largest absolute Gasteiger partial charge is 0.352 e. The molecule has 0 spiro atoms. The molecule has 2 amide bonds. The zero-order valence-corrected chi connectivity index (χ0v) is 23.3. The maximum Gasteiger partial charge on any atom is 0.243 e. The Balaban J connectivity index is 2.21. The highest BCUT2D eigenvalue weighted by Crippen LogP contribution is 2.21. The van der Waals surface area contributed by atoms with E-state index in [9.17, 15) is 18.0 Å². The van der Waals surface area contributed by atoms with Crippen molar-refractivity contribution in [2.45, 2.75) is 78.9 Å². The molecule has 2 aromatic rings. The molecule has 36 heavy (non-hydrogen) atoms. The van der Waals surface area contributed by atoms with Crippen LogP contribution >= 0.6 is 0 Å². The van der Waals surface area contributed by atoms with Gasteiger partial charge in [0.15, 0.2) is 0 Å². The number of benzene rings is 2. The lowest BCUT2D eigenvalue weighted by Crippen LogP contribution is -2.50. The Morgan fingerprint density at radius 1 is 1.00 bits per heavy atom. The molecule has 0 aliphatic carbocycles. The van der Waals surface area contributed by atoms with Crippen molar-refractivity contribution in [2.75, 3.05) is 17.1 Å². The molecular weight excluding hydrogens is 474 g/mol. The summed E-state index contributed by atoms with van der Waals surface area (Å²) in [5, 5.41) is 2.93. The summed E-state index contributed by atoms with van der Waals surface area (Å²) in [5.41, 5.74) is 3.74. The van der Waals surface area contributed by atoms with Crippen LogP contribution in [0, 0.1) is 6.92 Å². The summed E-state index contributed by atoms with van der Waals surface area (Å²) in [6, 6.07) is 14.7. The van der Waals surface area contributed by atoms with Gasteiger partial charge in [-0.2, -0.15) is 0 Å². The van der Waals surface area contributed by atoms with Crippen molar-refractivity contribution >= 4 is 27.5 Å². The van der Waals surface area contributed by atoms with Crippen LogP contribution in [0.2, 0.25) is 0 Å². The molecule has 1 N–H and O–H groups in total. The van der Waals surface area contributed by atoms with E-state index in [-0.39, 0.29) is 30.8 Å². The maximum absolute atomic E-state index is 13.5. The number of rotatable bonds is 13. The molecule has 0 saturated heterocycles. The number of anilines is 1. The minimum absolute atomic E-state index is 0.0371. The lowest BCUT2D eigenvalue weighted by molar-refractivity contribution is -0.141. The summed E-state index contributed by atoms with van der Waals surface area (Å²) in [6.07, 6.45) is 3.00. The predicted octanol–water partition coefficient (Wildman–Crippen LogP) is 4.44. The summed E-state index contributed by atoms with van der Waals surface area (Å²) in [7, 11) is -3.51. The molecule has 198 valence electrons. The van der Waals surface area contributed by atoms with Gasteiger partial charge in [-0.05, 0) is 63.3 Å². The summed E-state index contributed by atoms with van der Waals surface area (Å²) >= 11 is 0. The highest BCUT2D eigenvalue weighted by Gasteiger charge is 2.29. The molecule has 0 radical (unpaired) electrons. The first kappa shape index (κ1) is 29.4. The third-order valence-corrected chi connectivity index (χ3v) is 7.23. The zero-order chi connectivity index (χ0) is 26.9. The molecule has 0 unspecified atom stereocenters. The normalized spacial score (nSPS) is 12.3. The first-order chi connectivity index (χ1) is 17.0. The number of carbonyl (C=O) groups excluding carboxylic acids is 2. The number of sulfonamides is 1. The average Bonchev–Trinajstić information content (AvgIpc) is 2.80. The van der Waals surface area contributed by atoms with Gasteiger partial charge in [0, 0.05) is 25.6 Å². The van der Waals surface area contributed by atoms with Gasteiger partial charge >= 0.3 is 0 Å². The number of hydrogen-bond donors (Lipinski definition) is 1. The Morgan fingerprint density at radius 2 is 1.67 bits per heavy atom. The molecule has 7 nitrogen and oxygen atoms in total. The van der Waals surface area contributed by atoms with Gasteiger partial charge in [0.25, 0.3) is 0 Å². The lowest BCUT2D eigenvalue weighted by Gasteiger charge is -2.31. The molecule has 0 aromatic heterocycles. The second-order valence-corrected chi connectivity index (χ2v) is 11.5. The van der Waals surface area contributed by atoms with Gasteiger partial charge in [-0.1, -0.05) is 55.8 Å². The fraction of sp³-hybridized carbons (Fsp3) is 0.500. The molecule has 1 atom stereocenters. The summed E-state index contributed by atoms with van der Waals surface area (Å²) in [4.78, 5) is 28.0. The standard InChI is InChI=1S/C28H41N3O4S/c1-7-23-14-16-25(17-15-23)31(36(6,34)35)18-10-13-27(32)30(20-24-12-9-11-22(5)19-24)26(8-2)28(33)29-21(3)4/h9,11-12,14-17,19,21,26H,7-8,10,13,18,20H2,1-6H3,(H,29,33)/t26-/m0/s1.